The number of benzene rings is 2. The quantitative estimate of drug-likeness (QED) is 0.906. The van der Waals surface area contributed by atoms with Crippen LogP contribution in [0, 0.1) is 5.92 Å². The predicted octanol–water partition coefficient (Wildman–Crippen LogP) is 3.20. The van der Waals surface area contributed by atoms with E-state index in [9.17, 15) is 0 Å². The number of hydrogen-bond acceptors (Lipinski definition) is 3. The molecule has 0 bridgehead atoms. The van der Waals surface area contributed by atoms with Crippen molar-refractivity contribution < 1.29 is 14.4 Å². The fourth-order valence-electron chi connectivity index (χ4n) is 3.71. The molecule has 0 amide bonds. The van der Waals surface area contributed by atoms with Gasteiger partial charge in [-0.1, -0.05) is 23.9 Å². The molecule has 1 N–H and O–H groups in total. The third-order valence-corrected chi connectivity index (χ3v) is 6.31. The smallest absolute Gasteiger partial charge is 0.134 e. The number of likely N-dealkylation sites (tertiary alicyclic amines) is 1. The molecule has 3 nitrogen and oxygen atoms in total. The van der Waals surface area contributed by atoms with Crippen LogP contribution in [0.15, 0.2) is 52.3 Å². The van der Waals surface area contributed by atoms with Gasteiger partial charge in [-0.3, -0.25) is 0 Å². The van der Waals surface area contributed by atoms with Crippen LogP contribution in [-0.4, -0.2) is 27.2 Å². The number of para-hydroxylation sites is 1. The lowest BCUT2D eigenvalue weighted by molar-refractivity contribution is -0.886. The van der Waals surface area contributed by atoms with Crippen LogP contribution in [0.5, 0.6) is 11.5 Å². The zero-order valence-electron chi connectivity index (χ0n) is 14.2. The summed E-state index contributed by atoms with van der Waals surface area (Å²) in [6.45, 7) is 2.44. The van der Waals surface area contributed by atoms with E-state index in [0.717, 1.165) is 11.5 Å². The highest BCUT2D eigenvalue weighted by atomic mass is 32.2. The van der Waals surface area contributed by atoms with Gasteiger partial charge in [-0.05, 0) is 30.3 Å². The molecular weight excluding hydrogens is 318 g/mol. The van der Waals surface area contributed by atoms with Crippen molar-refractivity contribution in [2.24, 2.45) is 5.92 Å². The average Bonchev–Trinajstić information content (AvgIpc) is 2.78. The maximum Gasteiger partial charge on any atom is 0.134 e. The average molecular weight is 342 g/mol. The van der Waals surface area contributed by atoms with E-state index < -0.39 is 0 Å². The Morgan fingerprint density at radius 3 is 2.67 bits per heavy atom. The summed E-state index contributed by atoms with van der Waals surface area (Å²) in [5.74, 6) is 2.48. The van der Waals surface area contributed by atoms with Crippen LogP contribution in [0.25, 0.3) is 0 Å². The SMILES string of the molecule is COc1ccc2c(c1)[C@@H](C1CC[NH+](C)CC1)Oc1ccccc1S2. The molecule has 126 valence electrons. The molecule has 24 heavy (non-hydrogen) atoms. The standard InChI is InChI=1S/C20H23NO2S/c1-21-11-9-14(10-12-21)20-16-13-15(22-2)7-8-18(16)24-19-6-4-3-5-17(19)23-20/h3-8,13-14,20H,9-12H2,1-2H3/p+1/t20-/m1/s1. The van der Waals surface area contributed by atoms with Gasteiger partial charge in [0.15, 0.2) is 0 Å². The highest BCUT2D eigenvalue weighted by Gasteiger charge is 2.34. The fourth-order valence-corrected chi connectivity index (χ4v) is 4.73. The van der Waals surface area contributed by atoms with Gasteiger partial charge in [-0.2, -0.15) is 0 Å². The molecule has 4 heteroatoms. The van der Waals surface area contributed by atoms with Crippen molar-refractivity contribution in [2.45, 2.75) is 28.7 Å². The molecule has 0 radical (unpaired) electrons. The number of piperidine rings is 1. The number of rotatable bonds is 2. The molecule has 1 saturated heterocycles. The summed E-state index contributed by atoms with van der Waals surface area (Å²) in [7, 11) is 4.02. The number of fused-ring (bicyclic) bond motifs is 2. The van der Waals surface area contributed by atoms with Gasteiger partial charge in [-0.25, -0.2) is 0 Å². The molecule has 0 spiro atoms. The first-order valence-electron chi connectivity index (χ1n) is 8.67. The zero-order chi connectivity index (χ0) is 16.5. The summed E-state index contributed by atoms with van der Waals surface area (Å²) < 4.78 is 12.1. The third-order valence-electron chi connectivity index (χ3n) is 5.16. The molecule has 0 aromatic heterocycles. The topological polar surface area (TPSA) is 22.9 Å². The zero-order valence-corrected chi connectivity index (χ0v) is 15.1. The van der Waals surface area contributed by atoms with Crippen molar-refractivity contribution in [1.29, 1.82) is 0 Å². The van der Waals surface area contributed by atoms with Gasteiger partial charge in [0, 0.05) is 29.2 Å². The first kappa shape index (κ1) is 15.9. The highest BCUT2D eigenvalue weighted by molar-refractivity contribution is 7.99. The van der Waals surface area contributed by atoms with Crippen LogP contribution in [0.2, 0.25) is 0 Å². The molecule has 2 aliphatic heterocycles. The fraction of sp³-hybridized carbons (Fsp3) is 0.400. The number of hydrogen-bond donors (Lipinski definition) is 1. The lowest BCUT2D eigenvalue weighted by Crippen LogP contribution is -3.10. The summed E-state index contributed by atoms with van der Waals surface area (Å²) in [6.07, 6.45) is 2.53. The van der Waals surface area contributed by atoms with Crippen LogP contribution in [0.4, 0.5) is 0 Å². The highest BCUT2D eigenvalue weighted by Crippen LogP contribution is 2.47. The van der Waals surface area contributed by atoms with E-state index in [1.165, 1.54) is 41.3 Å². The second kappa shape index (κ2) is 6.69. The molecule has 0 unspecified atom stereocenters. The van der Waals surface area contributed by atoms with Crippen molar-refractivity contribution in [3.8, 4) is 11.5 Å². The van der Waals surface area contributed by atoms with E-state index in [0.29, 0.717) is 5.92 Å². The maximum atomic E-state index is 6.57. The van der Waals surface area contributed by atoms with E-state index in [1.54, 1.807) is 23.8 Å². The van der Waals surface area contributed by atoms with Crippen LogP contribution in [-0.2, 0) is 0 Å². The molecule has 0 saturated carbocycles. The van der Waals surface area contributed by atoms with E-state index >= 15 is 0 Å². The van der Waals surface area contributed by atoms with Gasteiger partial charge in [-0.15, -0.1) is 0 Å². The number of ether oxygens (including phenoxy) is 2. The van der Waals surface area contributed by atoms with Gasteiger partial charge < -0.3 is 14.4 Å². The Labute approximate surface area is 148 Å². The monoisotopic (exact) mass is 342 g/mol. The first-order chi connectivity index (χ1) is 11.7. The largest absolute Gasteiger partial charge is 0.497 e. The minimum atomic E-state index is 0.111. The molecule has 0 aliphatic carbocycles. The lowest BCUT2D eigenvalue weighted by atomic mass is 9.87. The molecule has 2 heterocycles. The molecule has 2 aliphatic rings. The van der Waals surface area contributed by atoms with Crippen LogP contribution < -0.4 is 14.4 Å². The van der Waals surface area contributed by atoms with Gasteiger partial charge in [0.2, 0.25) is 0 Å². The number of methoxy groups -OCH3 is 1. The molecular formula is C20H24NO2S+. The van der Waals surface area contributed by atoms with Gasteiger partial charge in [0.25, 0.3) is 0 Å². The van der Waals surface area contributed by atoms with Gasteiger partial charge in [0.05, 0.1) is 32.1 Å². The Morgan fingerprint density at radius 1 is 1.08 bits per heavy atom. The Hall–Kier alpha value is -1.65. The van der Waals surface area contributed by atoms with Gasteiger partial charge in [0.1, 0.15) is 17.6 Å². The molecule has 1 atom stereocenters. The Morgan fingerprint density at radius 2 is 1.88 bits per heavy atom. The second-order valence-corrected chi connectivity index (χ2v) is 7.87. The summed E-state index contributed by atoms with van der Waals surface area (Å²) in [6, 6.07) is 14.8. The second-order valence-electron chi connectivity index (χ2n) is 6.79. The minimum absolute atomic E-state index is 0.111. The Balaban J connectivity index is 1.76. The van der Waals surface area contributed by atoms with Crippen molar-refractivity contribution in [2.75, 3.05) is 27.2 Å². The molecule has 4 rings (SSSR count). The van der Waals surface area contributed by atoms with Crippen LogP contribution in [0.3, 0.4) is 0 Å². The molecule has 2 aromatic carbocycles. The van der Waals surface area contributed by atoms with Gasteiger partial charge >= 0.3 is 0 Å². The van der Waals surface area contributed by atoms with E-state index in [4.69, 9.17) is 9.47 Å². The van der Waals surface area contributed by atoms with Crippen molar-refractivity contribution in [3.05, 3.63) is 48.0 Å². The van der Waals surface area contributed by atoms with Crippen molar-refractivity contribution in [3.63, 3.8) is 0 Å². The van der Waals surface area contributed by atoms with Crippen LogP contribution >= 0.6 is 11.8 Å². The molecule has 2 aromatic rings. The normalized spacial score (nSPS) is 25.8. The summed E-state index contributed by atoms with van der Waals surface area (Å²) in [5.41, 5.74) is 1.28. The minimum Gasteiger partial charge on any atom is -0.497 e. The third kappa shape index (κ3) is 3.01. The summed E-state index contributed by atoms with van der Waals surface area (Å²) in [4.78, 5) is 4.11. The van der Waals surface area contributed by atoms with Crippen molar-refractivity contribution >= 4 is 11.8 Å². The van der Waals surface area contributed by atoms with E-state index in [-0.39, 0.29) is 6.10 Å². The van der Waals surface area contributed by atoms with Crippen molar-refractivity contribution in [1.82, 2.24) is 0 Å². The van der Waals surface area contributed by atoms with E-state index in [2.05, 4.69) is 49.5 Å². The van der Waals surface area contributed by atoms with Crippen LogP contribution in [0.1, 0.15) is 24.5 Å². The van der Waals surface area contributed by atoms with E-state index in [1.807, 2.05) is 0 Å². The number of nitrogens with one attached hydrogen (secondary N) is 1. The summed E-state index contributed by atoms with van der Waals surface area (Å²) in [5, 5.41) is 0. The Kier molecular flexibility index (Phi) is 4.42. The lowest BCUT2D eigenvalue weighted by Gasteiger charge is -2.33. The predicted molar refractivity (Wildman–Crippen MR) is 96.3 cm³/mol. The maximum absolute atomic E-state index is 6.57. The first-order valence-corrected chi connectivity index (χ1v) is 9.49. The summed E-state index contributed by atoms with van der Waals surface area (Å²) >= 11 is 1.81. The number of quaternary nitrogens is 1. The molecule has 1 fully saturated rings. The Bertz CT molecular complexity index is 725.